The minimum atomic E-state index is -0.466. The maximum atomic E-state index is 9.96. The average molecular weight is 266 g/mol. The topological polar surface area (TPSA) is 45.4 Å². The predicted molar refractivity (Wildman–Crippen MR) is 71.4 cm³/mol. The number of aliphatic hydroxyl groups is 1. The molecule has 0 aliphatic carbocycles. The van der Waals surface area contributed by atoms with E-state index in [4.69, 9.17) is 16.0 Å². The molecule has 18 heavy (non-hydrogen) atoms. The molecule has 1 aromatic carbocycles. The highest BCUT2D eigenvalue weighted by Gasteiger charge is 2.06. The summed E-state index contributed by atoms with van der Waals surface area (Å²) in [5, 5.41) is 13.9. The highest BCUT2D eigenvalue weighted by atomic mass is 35.5. The molecule has 2 aromatic rings. The van der Waals surface area contributed by atoms with Gasteiger partial charge in [0.25, 0.3) is 0 Å². The fourth-order valence-corrected chi connectivity index (χ4v) is 1.84. The van der Waals surface area contributed by atoms with Crippen molar-refractivity contribution in [2.75, 3.05) is 6.54 Å². The van der Waals surface area contributed by atoms with Crippen molar-refractivity contribution in [3.63, 3.8) is 0 Å². The fourth-order valence-electron chi connectivity index (χ4n) is 1.72. The molecule has 0 amide bonds. The summed E-state index contributed by atoms with van der Waals surface area (Å²) in [7, 11) is 0. The summed E-state index contributed by atoms with van der Waals surface area (Å²) in [6.07, 6.45) is 1.84. The third kappa shape index (κ3) is 3.88. The van der Waals surface area contributed by atoms with Crippen LogP contribution in [0.4, 0.5) is 0 Å². The van der Waals surface area contributed by atoms with Crippen molar-refractivity contribution in [2.45, 2.75) is 19.1 Å². The van der Waals surface area contributed by atoms with E-state index in [0.29, 0.717) is 18.0 Å². The number of hydrogen-bond acceptors (Lipinski definition) is 3. The fraction of sp³-hybridized carbons (Fsp3) is 0.286. The number of halogens is 1. The first-order valence-corrected chi connectivity index (χ1v) is 6.30. The Morgan fingerprint density at radius 3 is 2.67 bits per heavy atom. The molecule has 0 fully saturated rings. The van der Waals surface area contributed by atoms with Crippen LogP contribution in [0, 0.1) is 0 Å². The Morgan fingerprint density at radius 1 is 1.22 bits per heavy atom. The van der Waals surface area contributed by atoms with E-state index < -0.39 is 6.10 Å². The maximum Gasteiger partial charge on any atom is 0.117 e. The molecule has 1 atom stereocenters. The Balaban J connectivity index is 1.71. The molecule has 0 aliphatic rings. The Morgan fingerprint density at radius 2 is 2.00 bits per heavy atom. The van der Waals surface area contributed by atoms with Crippen molar-refractivity contribution in [3.8, 4) is 0 Å². The molecular formula is C14H16ClNO2. The zero-order valence-corrected chi connectivity index (χ0v) is 10.7. The molecule has 2 rings (SSSR count). The van der Waals surface area contributed by atoms with E-state index in [2.05, 4.69) is 5.32 Å². The van der Waals surface area contributed by atoms with E-state index >= 15 is 0 Å². The number of aliphatic hydroxyl groups excluding tert-OH is 1. The monoisotopic (exact) mass is 265 g/mol. The molecule has 2 N–H and O–H groups in total. The van der Waals surface area contributed by atoms with Gasteiger partial charge in [0.1, 0.15) is 5.76 Å². The van der Waals surface area contributed by atoms with Crippen molar-refractivity contribution >= 4 is 11.6 Å². The van der Waals surface area contributed by atoms with E-state index in [1.807, 2.05) is 24.3 Å². The third-order valence-electron chi connectivity index (χ3n) is 2.73. The lowest BCUT2D eigenvalue weighted by atomic mass is 10.1. The van der Waals surface area contributed by atoms with Crippen LogP contribution in [0.25, 0.3) is 0 Å². The normalized spacial score (nSPS) is 12.6. The maximum absolute atomic E-state index is 9.96. The molecule has 3 nitrogen and oxygen atoms in total. The lowest BCUT2D eigenvalue weighted by Crippen LogP contribution is -2.16. The zero-order valence-electron chi connectivity index (χ0n) is 9.97. The molecule has 1 aromatic heterocycles. The van der Waals surface area contributed by atoms with Gasteiger partial charge >= 0.3 is 0 Å². The first-order chi connectivity index (χ1) is 8.75. The summed E-state index contributed by atoms with van der Waals surface area (Å²) < 4.78 is 5.20. The van der Waals surface area contributed by atoms with Crippen LogP contribution in [0.5, 0.6) is 0 Å². The molecule has 1 unspecified atom stereocenters. The largest absolute Gasteiger partial charge is 0.468 e. The van der Waals surface area contributed by atoms with Crippen molar-refractivity contribution < 1.29 is 9.52 Å². The van der Waals surface area contributed by atoms with E-state index in [1.54, 1.807) is 18.4 Å². The number of hydrogen-bond donors (Lipinski definition) is 2. The summed E-state index contributed by atoms with van der Waals surface area (Å²) in [5.74, 6) is 0.899. The van der Waals surface area contributed by atoms with Gasteiger partial charge < -0.3 is 14.8 Å². The van der Waals surface area contributed by atoms with Crippen molar-refractivity contribution in [1.82, 2.24) is 5.32 Å². The molecule has 0 bridgehead atoms. The molecule has 0 spiro atoms. The Bertz CT molecular complexity index is 453. The Kier molecular flexibility index (Phi) is 4.81. The van der Waals surface area contributed by atoms with E-state index in [9.17, 15) is 5.11 Å². The Hall–Kier alpha value is -1.29. The van der Waals surface area contributed by atoms with Gasteiger partial charge in [0.2, 0.25) is 0 Å². The predicted octanol–water partition coefficient (Wildman–Crippen LogP) is 3.15. The van der Waals surface area contributed by atoms with Gasteiger partial charge in [-0.05, 0) is 42.8 Å². The van der Waals surface area contributed by atoms with Gasteiger partial charge in [0.05, 0.1) is 18.9 Å². The van der Waals surface area contributed by atoms with Gasteiger partial charge in [-0.1, -0.05) is 23.7 Å². The summed E-state index contributed by atoms with van der Waals surface area (Å²) in [4.78, 5) is 0. The van der Waals surface area contributed by atoms with Gasteiger partial charge in [-0.2, -0.15) is 0 Å². The minimum Gasteiger partial charge on any atom is -0.468 e. The van der Waals surface area contributed by atoms with Crippen molar-refractivity contribution in [3.05, 3.63) is 59.0 Å². The highest BCUT2D eigenvalue weighted by Crippen LogP contribution is 2.18. The number of rotatable bonds is 6. The van der Waals surface area contributed by atoms with Crippen LogP contribution in [0.15, 0.2) is 47.1 Å². The number of nitrogens with one attached hydrogen (secondary N) is 1. The van der Waals surface area contributed by atoms with Crippen LogP contribution in [0.2, 0.25) is 5.02 Å². The van der Waals surface area contributed by atoms with Crippen molar-refractivity contribution in [1.29, 1.82) is 0 Å². The molecule has 0 saturated heterocycles. The second kappa shape index (κ2) is 6.59. The van der Waals surface area contributed by atoms with Gasteiger partial charge in [-0.3, -0.25) is 0 Å². The molecule has 0 aliphatic heterocycles. The molecular weight excluding hydrogens is 250 g/mol. The standard InChI is InChI=1S/C14H16ClNO2/c15-12-5-3-11(4-6-12)14(17)7-8-16-10-13-2-1-9-18-13/h1-6,9,14,16-17H,7-8,10H2. The van der Waals surface area contributed by atoms with Gasteiger partial charge in [0, 0.05) is 5.02 Å². The first-order valence-electron chi connectivity index (χ1n) is 5.92. The van der Waals surface area contributed by atoms with Crippen LogP contribution in [-0.4, -0.2) is 11.7 Å². The van der Waals surface area contributed by atoms with Gasteiger partial charge in [-0.15, -0.1) is 0 Å². The van der Waals surface area contributed by atoms with E-state index in [0.717, 1.165) is 17.9 Å². The van der Waals surface area contributed by atoms with E-state index in [-0.39, 0.29) is 0 Å². The summed E-state index contributed by atoms with van der Waals surface area (Å²) in [5.41, 5.74) is 0.888. The van der Waals surface area contributed by atoms with Crippen LogP contribution in [0.1, 0.15) is 23.8 Å². The average Bonchev–Trinajstić information content (AvgIpc) is 2.88. The van der Waals surface area contributed by atoms with E-state index in [1.165, 1.54) is 0 Å². The van der Waals surface area contributed by atoms with Crippen LogP contribution >= 0.6 is 11.6 Å². The van der Waals surface area contributed by atoms with Gasteiger partial charge in [0.15, 0.2) is 0 Å². The van der Waals surface area contributed by atoms with Crippen LogP contribution < -0.4 is 5.32 Å². The quantitative estimate of drug-likeness (QED) is 0.789. The summed E-state index contributed by atoms with van der Waals surface area (Å²) in [6.45, 7) is 1.41. The second-order valence-corrected chi connectivity index (χ2v) is 4.55. The van der Waals surface area contributed by atoms with Crippen molar-refractivity contribution in [2.24, 2.45) is 0 Å². The van der Waals surface area contributed by atoms with Crippen LogP contribution in [-0.2, 0) is 6.54 Å². The molecule has 4 heteroatoms. The highest BCUT2D eigenvalue weighted by molar-refractivity contribution is 6.30. The third-order valence-corrected chi connectivity index (χ3v) is 2.98. The minimum absolute atomic E-state index is 0.466. The number of benzene rings is 1. The molecule has 0 saturated carbocycles. The van der Waals surface area contributed by atoms with Crippen LogP contribution in [0.3, 0.4) is 0 Å². The zero-order chi connectivity index (χ0) is 12.8. The first kappa shape index (κ1) is 13.1. The molecule has 96 valence electrons. The lowest BCUT2D eigenvalue weighted by molar-refractivity contribution is 0.166. The summed E-state index contributed by atoms with van der Waals surface area (Å²) in [6, 6.07) is 11.0. The molecule has 0 radical (unpaired) electrons. The smallest absolute Gasteiger partial charge is 0.117 e. The molecule has 1 heterocycles. The second-order valence-electron chi connectivity index (χ2n) is 4.11. The number of furan rings is 1. The Labute approximate surface area is 111 Å². The SMILES string of the molecule is OC(CCNCc1ccco1)c1ccc(Cl)cc1. The summed E-state index contributed by atoms with van der Waals surface area (Å²) >= 11 is 5.80. The lowest BCUT2D eigenvalue weighted by Gasteiger charge is -2.11. The van der Waals surface area contributed by atoms with Gasteiger partial charge in [-0.25, -0.2) is 0 Å².